The Bertz CT molecular complexity index is 331. The lowest BCUT2D eigenvalue weighted by Gasteiger charge is -2.20. The summed E-state index contributed by atoms with van der Waals surface area (Å²) in [5.41, 5.74) is 2.72. The van der Waals surface area contributed by atoms with Crippen molar-refractivity contribution in [3.8, 4) is 0 Å². The first-order valence-corrected chi connectivity index (χ1v) is 6.16. The molecule has 1 unspecified atom stereocenters. The zero-order chi connectivity index (χ0) is 11.5. The summed E-state index contributed by atoms with van der Waals surface area (Å²) in [6, 6.07) is 9.94. The van der Waals surface area contributed by atoms with Crippen molar-refractivity contribution in [3.05, 3.63) is 35.4 Å². The van der Waals surface area contributed by atoms with Crippen LogP contribution in [-0.4, -0.2) is 31.1 Å². The largest absolute Gasteiger partial charge is 0.306 e. The summed E-state index contributed by atoms with van der Waals surface area (Å²) < 4.78 is 0. The van der Waals surface area contributed by atoms with Crippen LogP contribution in [0.25, 0.3) is 0 Å². The van der Waals surface area contributed by atoms with Crippen molar-refractivity contribution in [2.24, 2.45) is 0 Å². The summed E-state index contributed by atoms with van der Waals surface area (Å²) in [5.74, 6) is 0. The van der Waals surface area contributed by atoms with Crippen LogP contribution in [0.15, 0.2) is 24.3 Å². The van der Waals surface area contributed by atoms with Crippen LogP contribution in [0.5, 0.6) is 0 Å². The molecule has 1 aliphatic rings. The van der Waals surface area contributed by atoms with Crippen molar-refractivity contribution in [1.29, 1.82) is 0 Å². The quantitative estimate of drug-likeness (QED) is 0.838. The molecule has 1 heterocycles. The fourth-order valence-corrected chi connectivity index (χ4v) is 2.38. The number of nitrogens with one attached hydrogen (secondary N) is 1. The monoisotopic (exact) mass is 218 g/mol. The van der Waals surface area contributed by atoms with E-state index in [1.807, 2.05) is 0 Å². The highest BCUT2D eigenvalue weighted by molar-refractivity contribution is 5.23. The molecule has 1 N–H and O–H groups in total. The first-order valence-electron chi connectivity index (χ1n) is 6.16. The molecule has 2 nitrogen and oxygen atoms in total. The molecule has 0 bridgehead atoms. The van der Waals surface area contributed by atoms with Gasteiger partial charge in [0.1, 0.15) is 0 Å². The minimum absolute atomic E-state index is 0.456. The first kappa shape index (κ1) is 11.6. The summed E-state index contributed by atoms with van der Waals surface area (Å²) >= 11 is 0. The maximum Gasteiger partial charge on any atom is 0.0294 e. The Morgan fingerprint density at radius 3 is 2.56 bits per heavy atom. The Labute approximate surface area is 98.7 Å². The zero-order valence-corrected chi connectivity index (χ0v) is 10.5. The minimum Gasteiger partial charge on any atom is -0.306 e. The highest BCUT2D eigenvalue weighted by Gasteiger charge is 2.20. The number of benzene rings is 1. The number of nitrogens with zero attached hydrogens (tertiary/aromatic N) is 1. The predicted molar refractivity (Wildman–Crippen MR) is 68.6 cm³/mol. The molecular formula is C14H22N2. The Morgan fingerprint density at radius 2 is 2.00 bits per heavy atom. The summed E-state index contributed by atoms with van der Waals surface area (Å²) in [5, 5.41) is 3.70. The molecular weight excluding hydrogens is 196 g/mol. The van der Waals surface area contributed by atoms with Gasteiger partial charge >= 0.3 is 0 Å². The summed E-state index contributed by atoms with van der Waals surface area (Å²) in [6.45, 7) is 6.78. The average molecular weight is 218 g/mol. The van der Waals surface area contributed by atoms with E-state index in [9.17, 15) is 0 Å². The van der Waals surface area contributed by atoms with E-state index < -0.39 is 0 Å². The Hall–Kier alpha value is -0.860. The van der Waals surface area contributed by atoms with E-state index in [0.717, 1.165) is 0 Å². The van der Waals surface area contributed by atoms with E-state index in [4.69, 9.17) is 0 Å². The molecule has 0 saturated carbocycles. The lowest BCUT2D eigenvalue weighted by molar-refractivity contribution is 0.387. The van der Waals surface area contributed by atoms with Crippen LogP contribution in [0.2, 0.25) is 0 Å². The second kappa shape index (κ2) is 4.98. The van der Waals surface area contributed by atoms with E-state index >= 15 is 0 Å². The molecule has 2 heteroatoms. The molecule has 1 saturated heterocycles. The van der Waals surface area contributed by atoms with Crippen LogP contribution in [0.4, 0.5) is 0 Å². The maximum atomic E-state index is 3.70. The zero-order valence-electron chi connectivity index (χ0n) is 10.5. The van der Waals surface area contributed by atoms with Crippen LogP contribution < -0.4 is 5.32 Å². The molecule has 1 aromatic rings. The molecule has 2 rings (SSSR count). The van der Waals surface area contributed by atoms with Gasteiger partial charge in [0, 0.05) is 18.6 Å². The molecule has 0 aromatic heterocycles. The Morgan fingerprint density at radius 1 is 1.31 bits per heavy atom. The molecule has 1 aromatic carbocycles. The van der Waals surface area contributed by atoms with Crippen molar-refractivity contribution in [2.45, 2.75) is 32.4 Å². The lowest BCUT2D eigenvalue weighted by atomic mass is 10.1. The van der Waals surface area contributed by atoms with Crippen molar-refractivity contribution in [1.82, 2.24) is 10.2 Å². The molecule has 0 aliphatic carbocycles. The SMILES string of the molecule is Cc1ccc([C@@H](C)NC2CCN(C)C2)cc1. The molecule has 1 fully saturated rings. The minimum atomic E-state index is 0.456. The van der Waals surface area contributed by atoms with Gasteiger partial charge in [-0.25, -0.2) is 0 Å². The van der Waals surface area contributed by atoms with Gasteiger partial charge in [0.2, 0.25) is 0 Å². The highest BCUT2D eigenvalue weighted by atomic mass is 15.2. The third kappa shape index (κ3) is 2.83. The normalized spacial score (nSPS) is 23.6. The Kier molecular flexibility index (Phi) is 3.62. The van der Waals surface area contributed by atoms with E-state index in [-0.39, 0.29) is 0 Å². The number of hydrogen-bond acceptors (Lipinski definition) is 2. The number of aryl methyl sites for hydroxylation is 1. The van der Waals surface area contributed by atoms with Crippen molar-refractivity contribution in [2.75, 3.05) is 20.1 Å². The topological polar surface area (TPSA) is 15.3 Å². The van der Waals surface area contributed by atoms with Crippen LogP contribution in [0.1, 0.15) is 30.5 Å². The fourth-order valence-electron chi connectivity index (χ4n) is 2.38. The van der Waals surface area contributed by atoms with E-state index in [2.05, 4.69) is 55.4 Å². The molecule has 0 radical (unpaired) electrons. The third-order valence-corrected chi connectivity index (χ3v) is 3.45. The predicted octanol–water partition coefficient (Wildman–Crippen LogP) is 2.35. The van der Waals surface area contributed by atoms with Crippen LogP contribution in [-0.2, 0) is 0 Å². The molecule has 2 atom stereocenters. The van der Waals surface area contributed by atoms with Gasteiger partial charge in [-0.05, 0) is 39.4 Å². The van der Waals surface area contributed by atoms with Crippen LogP contribution in [0.3, 0.4) is 0 Å². The van der Waals surface area contributed by atoms with Gasteiger partial charge in [0.25, 0.3) is 0 Å². The smallest absolute Gasteiger partial charge is 0.0294 e. The van der Waals surface area contributed by atoms with Gasteiger partial charge in [0.15, 0.2) is 0 Å². The second-order valence-corrected chi connectivity index (χ2v) is 5.05. The Balaban J connectivity index is 1.92. The fraction of sp³-hybridized carbons (Fsp3) is 0.571. The average Bonchev–Trinajstić information content (AvgIpc) is 2.65. The first-order chi connectivity index (χ1) is 7.65. The highest BCUT2D eigenvalue weighted by Crippen LogP contribution is 2.16. The van der Waals surface area contributed by atoms with Gasteiger partial charge in [0.05, 0.1) is 0 Å². The van der Waals surface area contributed by atoms with E-state index in [1.54, 1.807) is 0 Å². The van der Waals surface area contributed by atoms with Crippen LogP contribution >= 0.6 is 0 Å². The van der Waals surface area contributed by atoms with Crippen molar-refractivity contribution >= 4 is 0 Å². The summed E-state index contributed by atoms with van der Waals surface area (Å²) in [7, 11) is 2.19. The van der Waals surface area contributed by atoms with Crippen molar-refractivity contribution in [3.63, 3.8) is 0 Å². The van der Waals surface area contributed by atoms with Crippen molar-refractivity contribution < 1.29 is 0 Å². The molecule has 16 heavy (non-hydrogen) atoms. The summed E-state index contributed by atoms with van der Waals surface area (Å²) in [4.78, 5) is 2.39. The second-order valence-electron chi connectivity index (χ2n) is 5.05. The van der Waals surface area contributed by atoms with E-state index in [0.29, 0.717) is 12.1 Å². The molecule has 88 valence electrons. The van der Waals surface area contributed by atoms with Gasteiger partial charge in [-0.3, -0.25) is 0 Å². The van der Waals surface area contributed by atoms with Crippen LogP contribution in [0, 0.1) is 6.92 Å². The number of hydrogen-bond donors (Lipinski definition) is 1. The number of likely N-dealkylation sites (N-methyl/N-ethyl adjacent to an activating group) is 1. The molecule has 0 spiro atoms. The van der Waals surface area contributed by atoms with Gasteiger partial charge in [-0.2, -0.15) is 0 Å². The summed E-state index contributed by atoms with van der Waals surface area (Å²) in [6.07, 6.45) is 1.27. The molecule has 1 aliphatic heterocycles. The molecule has 0 amide bonds. The van der Waals surface area contributed by atoms with Gasteiger partial charge in [-0.1, -0.05) is 29.8 Å². The van der Waals surface area contributed by atoms with Gasteiger partial charge < -0.3 is 10.2 Å². The maximum absolute atomic E-state index is 3.70. The number of rotatable bonds is 3. The number of likely N-dealkylation sites (tertiary alicyclic amines) is 1. The van der Waals surface area contributed by atoms with Gasteiger partial charge in [-0.15, -0.1) is 0 Å². The standard InChI is InChI=1S/C14H22N2/c1-11-4-6-13(7-5-11)12(2)15-14-8-9-16(3)10-14/h4-7,12,14-15H,8-10H2,1-3H3/t12-,14?/m1/s1. The lowest BCUT2D eigenvalue weighted by Crippen LogP contribution is -2.33. The third-order valence-electron chi connectivity index (χ3n) is 3.45. The van der Waals surface area contributed by atoms with E-state index in [1.165, 1.54) is 30.6 Å².